The maximum Gasteiger partial charge on any atom is 0.109 e. The molecule has 5 aromatic rings. The van der Waals surface area contributed by atoms with Gasteiger partial charge in [-0.1, -0.05) is 101 Å². The second-order valence-electron chi connectivity index (χ2n) is 10.7. The van der Waals surface area contributed by atoms with E-state index in [0.29, 0.717) is 0 Å². The summed E-state index contributed by atoms with van der Waals surface area (Å²) in [4.78, 5) is 2.68. The standard InChI is InChI=1S/C34H26BrN3/c1-21-31-32(22(2)37-36-21)38-20-19-23-9-3-6-12-28(23)34(38,24-15-17-25(35)18-16-24)33(31)29-13-7-4-10-26(29)27-11-5-8-14-30(27)33/h3-18H,19-20H2,1-2H3. The zero-order chi connectivity index (χ0) is 25.6. The monoisotopic (exact) mass is 555 g/mol. The molecular weight excluding hydrogens is 530 g/mol. The highest BCUT2D eigenvalue weighted by Crippen LogP contribution is 2.71. The van der Waals surface area contributed by atoms with E-state index in [0.717, 1.165) is 28.8 Å². The second kappa shape index (κ2) is 7.64. The largest absolute Gasteiger partial charge is 0.354 e. The lowest BCUT2D eigenvalue weighted by Gasteiger charge is -2.54. The molecule has 0 bridgehead atoms. The van der Waals surface area contributed by atoms with Crippen LogP contribution >= 0.6 is 15.9 Å². The normalized spacial score (nSPS) is 19.5. The third-order valence-corrected chi connectivity index (χ3v) is 9.64. The van der Waals surface area contributed by atoms with E-state index in [9.17, 15) is 0 Å². The molecule has 1 aromatic heterocycles. The highest BCUT2D eigenvalue weighted by molar-refractivity contribution is 9.10. The molecule has 184 valence electrons. The van der Waals surface area contributed by atoms with Gasteiger partial charge in [0.15, 0.2) is 0 Å². The molecule has 0 N–H and O–H groups in total. The topological polar surface area (TPSA) is 29.0 Å². The number of rotatable bonds is 1. The van der Waals surface area contributed by atoms with E-state index in [-0.39, 0.29) is 0 Å². The van der Waals surface area contributed by atoms with E-state index < -0.39 is 11.0 Å². The molecule has 38 heavy (non-hydrogen) atoms. The van der Waals surface area contributed by atoms with E-state index in [1.54, 1.807) is 0 Å². The zero-order valence-corrected chi connectivity index (χ0v) is 23.0. The van der Waals surface area contributed by atoms with E-state index in [1.807, 2.05) is 0 Å². The zero-order valence-electron chi connectivity index (χ0n) is 21.4. The molecule has 8 rings (SSSR count). The van der Waals surface area contributed by atoms with Gasteiger partial charge in [-0.25, -0.2) is 0 Å². The Labute approximate surface area is 231 Å². The Morgan fingerprint density at radius 3 is 1.95 bits per heavy atom. The summed E-state index contributed by atoms with van der Waals surface area (Å²) >= 11 is 3.72. The number of anilines is 1. The fourth-order valence-electron chi connectivity index (χ4n) is 7.99. The molecule has 4 aromatic carbocycles. The Balaban J connectivity index is 1.68. The van der Waals surface area contributed by atoms with Gasteiger partial charge in [-0.05, 0) is 71.3 Å². The summed E-state index contributed by atoms with van der Waals surface area (Å²) < 4.78 is 1.08. The molecule has 0 radical (unpaired) electrons. The summed E-state index contributed by atoms with van der Waals surface area (Å²) in [5, 5.41) is 9.49. The summed E-state index contributed by atoms with van der Waals surface area (Å²) in [7, 11) is 0. The van der Waals surface area contributed by atoms with Crippen molar-refractivity contribution < 1.29 is 0 Å². The van der Waals surface area contributed by atoms with Crippen molar-refractivity contribution in [1.82, 2.24) is 10.2 Å². The van der Waals surface area contributed by atoms with Gasteiger partial charge in [0.1, 0.15) is 5.54 Å². The van der Waals surface area contributed by atoms with Gasteiger partial charge >= 0.3 is 0 Å². The molecule has 1 atom stereocenters. The van der Waals surface area contributed by atoms with Crippen LogP contribution in [0.4, 0.5) is 5.69 Å². The Morgan fingerprint density at radius 1 is 0.684 bits per heavy atom. The van der Waals surface area contributed by atoms with Crippen molar-refractivity contribution >= 4 is 21.6 Å². The Hall–Kier alpha value is -3.76. The first kappa shape index (κ1) is 22.2. The van der Waals surface area contributed by atoms with Gasteiger partial charge in [0.2, 0.25) is 0 Å². The average molecular weight is 557 g/mol. The van der Waals surface area contributed by atoms with Gasteiger partial charge in [-0.2, -0.15) is 10.2 Å². The number of nitrogens with zero attached hydrogens (tertiary/aromatic N) is 3. The fraction of sp³-hybridized carbons (Fsp3) is 0.176. The van der Waals surface area contributed by atoms with Gasteiger partial charge in [-0.15, -0.1) is 0 Å². The Bertz CT molecular complexity index is 1730. The van der Waals surface area contributed by atoms with Gasteiger partial charge in [0.25, 0.3) is 0 Å². The Morgan fingerprint density at radius 2 is 1.26 bits per heavy atom. The molecule has 0 fully saturated rings. The van der Waals surface area contributed by atoms with Crippen LogP contribution in [0.3, 0.4) is 0 Å². The van der Waals surface area contributed by atoms with Crippen LogP contribution in [0.15, 0.2) is 102 Å². The summed E-state index contributed by atoms with van der Waals surface area (Å²) in [5.41, 5.74) is 12.9. The molecular formula is C34H26BrN3. The van der Waals surface area contributed by atoms with Crippen LogP contribution in [0, 0.1) is 13.8 Å². The quantitative estimate of drug-likeness (QED) is 0.214. The van der Waals surface area contributed by atoms with Crippen LogP contribution in [-0.2, 0) is 17.4 Å². The molecule has 1 unspecified atom stereocenters. The second-order valence-corrected chi connectivity index (χ2v) is 11.6. The van der Waals surface area contributed by atoms with E-state index in [2.05, 4.69) is 132 Å². The molecule has 4 heteroatoms. The first-order valence-electron chi connectivity index (χ1n) is 13.3. The minimum atomic E-state index is -0.506. The van der Waals surface area contributed by atoms with E-state index >= 15 is 0 Å². The molecule has 3 nitrogen and oxygen atoms in total. The van der Waals surface area contributed by atoms with Crippen LogP contribution in [0.5, 0.6) is 0 Å². The summed E-state index contributed by atoms with van der Waals surface area (Å²) in [6, 6.07) is 36.2. The summed E-state index contributed by atoms with van der Waals surface area (Å²) in [5.74, 6) is 0. The molecule has 0 saturated heterocycles. The lowest BCUT2D eigenvalue weighted by atomic mass is 9.55. The average Bonchev–Trinajstić information content (AvgIpc) is 3.42. The van der Waals surface area contributed by atoms with Crippen molar-refractivity contribution in [2.75, 3.05) is 11.4 Å². The fourth-order valence-corrected chi connectivity index (χ4v) is 8.26. The molecule has 1 spiro atoms. The van der Waals surface area contributed by atoms with Crippen molar-refractivity contribution in [3.63, 3.8) is 0 Å². The molecule has 0 saturated carbocycles. The molecule has 1 aliphatic carbocycles. The van der Waals surface area contributed by atoms with Crippen molar-refractivity contribution in [2.24, 2.45) is 0 Å². The first-order chi connectivity index (χ1) is 18.6. The van der Waals surface area contributed by atoms with Crippen LogP contribution in [-0.4, -0.2) is 16.7 Å². The van der Waals surface area contributed by atoms with Gasteiger partial charge < -0.3 is 4.90 Å². The smallest absolute Gasteiger partial charge is 0.109 e. The molecule has 0 amide bonds. The predicted octanol–water partition coefficient (Wildman–Crippen LogP) is 7.49. The number of halogens is 1. The van der Waals surface area contributed by atoms with Gasteiger partial charge in [-0.3, -0.25) is 0 Å². The van der Waals surface area contributed by atoms with E-state index in [4.69, 9.17) is 10.2 Å². The number of aryl methyl sites for hydroxylation is 2. The number of hydrogen-bond donors (Lipinski definition) is 0. The minimum absolute atomic E-state index is 0.495. The molecule has 2 aliphatic heterocycles. The minimum Gasteiger partial charge on any atom is -0.354 e. The van der Waals surface area contributed by atoms with Gasteiger partial charge in [0, 0.05) is 16.6 Å². The summed E-state index contributed by atoms with van der Waals surface area (Å²) in [6.07, 6.45) is 0.994. The van der Waals surface area contributed by atoms with Crippen molar-refractivity contribution in [2.45, 2.75) is 31.2 Å². The number of hydrogen-bond acceptors (Lipinski definition) is 3. The van der Waals surface area contributed by atoms with Crippen molar-refractivity contribution in [3.8, 4) is 11.1 Å². The Kier molecular flexibility index (Phi) is 4.47. The van der Waals surface area contributed by atoms with Crippen molar-refractivity contribution in [1.29, 1.82) is 0 Å². The maximum atomic E-state index is 4.78. The highest BCUT2D eigenvalue weighted by Gasteiger charge is 2.70. The third kappa shape index (κ3) is 2.41. The number of benzene rings is 4. The predicted molar refractivity (Wildman–Crippen MR) is 156 cm³/mol. The number of aromatic nitrogens is 2. The lowest BCUT2D eigenvalue weighted by Crippen LogP contribution is -2.59. The SMILES string of the molecule is Cc1nnc(C)c2c1N1CCc3ccccc3C1(c1ccc(Br)cc1)C21c2ccccc2-c2ccccc21. The lowest BCUT2D eigenvalue weighted by molar-refractivity contribution is 0.358. The summed E-state index contributed by atoms with van der Waals surface area (Å²) in [6.45, 7) is 5.19. The van der Waals surface area contributed by atoms with Gasteiger partial charge in [0.05, 0.1) is 22.5 Å². The van der Waals surface area contributed by atoms with E-state index in [1.165, 1.54) is 50.2 Å². The van der Waals surface area contributed by atoms with Crippen LogP contribution in [0.1, 0.15) is 44.8 Å². The van der Waals surface area contributed by atoms with Crippen LogP contribution < -0.4 is 4.90 Å². The van der Waals surface area contributed by atoms with Crippen molar-refractivity contribution in [3.05, 3.63) is 146 Å². The molecule has 3 heterocycles. The van der Waals surface area contributed by atoms with Crippen LogP contribution in [0.2, 0.25) is 0 Å². The highest BCUT2D eigenvalue weighted by atomic mass is 79.9. The maximum absolute atomic E-state index is 4.78. The van der Waals surface area contributed by atoms with Crippen LogP contribution in [0.25, 0.3) is 11.1 Å². The first-order valence-corrected chi connectivity index (χ1v) is 14.0. The number of fused-ring (bicyclic) bond motifs is 12. The third-order valence-electron chi connectivity index (χ3n) is 9.11. The molecule has 3 aliphatic rings.